The fourth-order valence-corrected chi connectivity index (χ4v) is 2.93. The quantitative estimate of drug-likeness (QED) is 0.642. The maximum Gasteiger partial charge on any atom is 0.0184 e. The smallest absolute Gasteiger partial charge is 0.0184 e. The van der Waals surface area contributed by atoms with Gasteiger partial charge in [0.1, 0.15) is 0 Å². The molecule has 11 heavy (non-hydrogen) atoms. The van der Waals surface area contributed by atoms with Crippen molar-refractivity contribution >= 4 is 0 Å². The lowest BCUT2D eigenvalue weighted by atomic mass is 9.86. The zero-order valence-corrected chi connectivity index (χ0v) is 7.53. The third kappa shape index (κ3) is 1.31. The molecule has 2 aliphatic heterocycles. The lowest BCUT2D eigenvalue weighted by Crippen LogP contribution is -2.46. The van der Waals surface area contributed by atoms with Crippen LogP contribution in [-0.2, 0) is 0 Å². The van der Waals surface area contributed by atoms with E-state index in [1.165, 1.54) is 44.9 Å². The van der Waals surface area contributed by atoms with Crippen molar-refractivity contribution in [1.82, 2.24) is 5.32 Å². The van der Waals surface area contributed by atoms with Crippen molar-refractivity contribution in [2.75, 3.05) is 0 Å². The Bertz CT molecular complexity index is 134. The minimum atomic E-state index is 0.595. The van der Waals surface area contributed by atoms with Gasteiger partial charge in [0.2, 0.25) is 0 Å². The minimum absolute atomic E-state index is 0.595. The average molecular weight is 153 g/mol. The van der Waals surface area contributed by atoms with Crippen molar-refractivity contribution in [1.29, 1.82) is 0 Å². The Morgan fingerprint density at radius 3 is 3.09 bits per heavy atom. The largest absolute Gasteiger partial charge is 0.308 e. The molecule has 1 nitrogen and oxygen atoms in total. The van der Waals surface area contributed by atoms with E-state index in [0.717, 1.165) is 6.04 Å². The molecule has 1 heteroatoms. The summed E-state index contributed by atoms with van der Waals surface area (Å²) in [5.41, 5.74) is 0.595. The fraction of sp³-hybridized carbons (Fsp3) is 1.00. The monoisotopic (exact) mass is 153 g/mol. The molecule has 2 bridgehead atoms. The Kier molecular flexibility index (Phi) is 1.92. The van der Waals surface area contributed by atoms with Crippen LogP contribution in [-0.4, -0.2) is 11.6 Å². The normalized spacial score (nSPS) is 42.8. The van der Waals surface area contributed by atoms with E-state index in [2.05, 4.69) is 12.2 Å². The average Bonchev–Trinajstić information content (AvgIpc) is 2.28. The molecule has 0 spiro atoms. The van der Waals surface area contributed by atoms with Crippen molar-refractivity contribution < 1.29 is 0 Å². The molecule has 1 N–H and O–H groups in total. The Balaban J connectivity index is 2.01. The van der Waals surface area contributed by atoms with Crippen molar-refractivity contribution in [3.63, 3.8) is 0 Å². The molecule has 2 unspecified atom stereocenters. The van der Waals surface area contributed by atoms with Gasteiger partial charge in [-0.05, 0) is 32.1 Å². The highest BCUT2D eigenvalue weighted by molar-refractivity contribution is 5.00. The second-order valence-corrected chi connectivity index (χ2v) is 4.30. The summed E-state index contributed by atoms with van der Waals surface area (Å²) in [4.78, 5) is 0. The molecule has 2 rings (SSSR count). The first-order chi connectivity index (χ1) is 5.35. The summed E-state index contributed by atoms with van der Waals surface area (Å²) in [5, 5.41) is 3.80. The zero-order chi connectivity index (χ0) is 7.73. The van der Waals surface area contributed by atoms with Crippen LogP contribution in [0.5, 0.6) is 0 Å². The first-order valence-corrected chi connectivity index (χ1v) is 5.12. The topological polar surface area (TPSA) is 12.0 Å². The van der Waals surface area contributed by atoms with E-state index in [1.54, 1.807) is 0 Å². The number of hydrogen-bond acceptors (Lipinski definition) is 1. The Hall–Kier alpha value is -0.0400. The van der Waals surface area contributed by atoms with Gasteiger partial charge in [-0.15, -0.1) is 0 Å². The van der Waals surface area contributed by atoms with Crippen molar-refractivity contribution in [2.24, 2.45) is 0 Å². The summed E-state index contributed by atoms with van der Waals surface area (Å²) in [5.74, 6) is 0. The number of fused-ring (bicyclic) bond motifs is 2. The van der Waals surface area contributed by atoms with Crippen LogP contribution in [0.3, 0.4) is 0 Å². The third-order valence-corrected chi connectivity index (χ3v) is 3.42. The standard InChI is InChI=1S/C10H19N/c1-2-6-10-7-3-4-9(11-10)5-8-10/h9,11H,2-8H2,1H3. The molecule has 2 atom stereocenters. The zero-order valence-electron chi connectivity index (χ0n) is 7.53. The molecule has 2 saturated heterocycles. The van der Waals surface area contributed by atoms with Gasteiger partial charge in [-0.1, -0.05) is 19.8 Å². The van der Waals surface area contributed by atoms with E-state index in [0.29, 0.717) is 5.54 Å². The predicted octanol–water partition coefficient (Wildman–Crippen LogP) is 2.46. The molecule has 0 aromatic carbocycles. The SMILES string of the molecule is CCCC12CCCC(CC1)N2. The molecular formula is C10H19N. The van der Waals surface area contributed by atoms with Crippen LogP contribution < -0.4 is 5.32 Å². The van der Waals surface area contributed by atoms with Crippen LogP contribution in [0.4, 0.5) is 0 Å². The predicted molar refractivity (Wildman–Crippen MR) is 47.6 cm³/mol. The lowest BCUT2D eigenvalue weighted by molar-refractivity contribution is 0.257. The minimum Gasteiger partial charge on any atom is -0.308 e. The summed E-state index contributed by atoms with van der Waals surface area (Å²) in [6.45, 7) is 2.30. The molecule has 2 fully saturated rings. The van der Waals surface area contributed by atoms with Gasteiger partial charge in [-0.3, -0.25) is 0 Å². The molecule has 2 heterocycles. The van der Waals surface area contributed by atoms with E-state index in [4.69, 9.17) is 0 Å². The molecule has 2 aliphatic rings. The Morgan fingerprint density at radius 2 is 2.27 bits per heavy atom. The van der Waals surface area contributed by atoms with Gasteiger partial charge in [-0.25, -0.2) is 0 Å². The second kappa shape index (κ2) is 2.78. The van der Waals surface area contributed by atoms with E-state index >= 15 is 0 Å². The second-order valence-electron chi connectivity index (χ2n) is 4.30. The first-order valence-electron chi connectivity index (χ1n) is 5.12. The summed E-state index contributed by atoms with van der Waals surface area (Å²) in [6, 6.07) is 0.885. The third-order valence-electron chi connectivity index (χ3n) is 3.42. The van der Waals surface area contributed by atoms with Crippen molar-refractivity contribution in [3.05, 3.63) is 0 Å². The van der Waals surface area contributed by atoms with Crippen molar-refractivity contribution in [2.45, 2.75) is 63.5 Å². The fourth-order valence-electron chi connectivity index (χ4n) is 2.93. The molecule has 64 valence electrons. The molecule has 0 aliphatic carbocycles. The van der Waals surface area contributed by atoms with E-state index < -0.39 is 0 Å². The van der Waals surface area contributed by atoms with Crippen LogP contribution in [0.2, 0.25) is 0 Å². The number of rotatable bonds is 2. The number of piperidine rings is 1. The molecular weight excluding hydrogens is 134 g/mol. The van der Waals surface area contributed by atoms with Crippen LogP contribution >= 0.6 is 0 Å². The summed E-state index contributed by atoms with van der Waals surface area (Å²) >= 11 is 0. The van der Waals surface area contributed by atoms with Gasteiger partial charge in [-0.2, -0.15) is 0 Å². The van der Waals surface area contributed by atoms with Gasteiger partial charge in [0.15, 0.2) is 0 Å². The van der Waals surface area contributed by atoms with E-state index in [9.17, 15) is 0 Å². The Labute approximate surface area is 69.6 Å². The maximum absolute atomic E-state index is 3.80. The van der Waals surface area contributed by atoms with Gasteiger partial charge in [0.25, 0.3) is 0 Å². The van der Waals surface area contributed by atoms with Crippen LogP contribution in [0.1, 0.15) is 51.9 Å². The molecule has 0 aromatic heterocycles. The van der Waals surface area contributed by atoms with E-state index in [1.807, 2.05) is 0 Å². The highest BCUT2D eigenvalue weighted by Gasteiger charge is 2.39. The van der Waals surface area contributed by atoms with Crippen LogP contribution in [0.15, 0.2) is 0 Å². The number of nitrogens with one attached hydrogen (secondary N) is 1. The highest BCUT2D eigenvalue weighted by atomic mass is 15.1. The Morgan fingerprint density at radius 1 is 1.36 bits per heavy atom. The van der Waals surface area contributed by atoms with E-state index in [-0.39, 0.29) is 0 Å². The summed E-state index contributed by atoms with van der Waals surface area (Å²) < 4.78 is 0. The lowest BCUT2D eigenvalue weighted by Gasteiger charge is -2.34. The maximum atomic E-state index is 3.80. The molecule has 0 radical (unpaired) electrons. The molecule has 0 amide bonds. The van der Waals surface area contributed by atoms with Crippen LogP contribution in [0, 0.1) is 0 Å². The van der Waals surface area contributed by atoms with Crippen molar-refractivity contribution in [3.8, 4) is 0 Å². The summed E-state index contributed by atoms with van der Waals surface area (Å²) in [7, 11) is 0. The molecule has 0 saturated carbocycles. The van der Waals surface area contributed by atoms with Gasteiger partial charge in [0, 0.05) is 11.6 Å². The van der Waals surface area contributed by atoms with Gasteiger partial charge < -0.3 is 5.32 Å². The van der Waals surface area contributed by atoms with Gasteiger partial charge >= 0.3 is 0 Å². The summed E-state index contributed by atoms with van der Waals surface area (Å²) in [6.07, 6.45) is 10.00. The first kappa shape index (κ1) is 7.60. The number of hydrogen-bond donors (Lipinski definition) is 1. The van der Waals surface area contributed by atoms with Gasteiger partial charge in [0.05, 0.1) is 0 Å². The molecule has 0 aromatic rings. The van der Waals surface area contributed by atoms with Crippen LogP contribution in [0.25, 0.3) is 0 Å². The highest BCUT2D eigenvalue weighted by Crippen LogP contribution is 2.38.